The summed E-state index contributed by atoms with van der Waals surface area (Å²) in [4.78, 5) is 11.3. The molecular weight excluding hydrogens is 250 g/mol. The molecular formula is C12H11ClF2O2. The van der Waals surface area contributed by atoms with Crippen molar-refractivity contribution in [3.8, 4) is 5.75 Å². The minimum atomic E-state index is -2.57. The van der Waals surface area contributed by atoms with Gasteiger partial charge in [0.1, 0.15) is 5.75 Å². The van der Waals surface area contributed by atoms with Crippen molar-refractivity contribution in [2.75, 3.05) is 0 Å². The van der Waals surface area contributed by atoms with E-state index in [-0.39, 0.29) is 19.3 Å². The highest BCUT2D eigenvalue weighted by molar-refractivity contribution is 6.30. The van der Waals surface area contributed by atoms with E-state index in [2.05, 4.69) is 0 Å². The Morgan fingerprint density at radius 3 is 2.53 bits per heavy atom. The van der Waals surface area contributed by atoms with Gasteiger partial charge in [0.2, 0.25) is 0 Å². The van der Waals surface area contributed by atoms with E-state index in [1.807, 2.05) is 0 Å². The fourth-order valence-corrected chi connectivity index (χ4v) is 1.69. The third kappa shape index (κ3) is 3.40. The summed E-state index contributed by atoms with van der Waals surface area (Å²) in [5, 5.41) is 0.544. The molecule has 0 spiro atoms. The second-order valence-corrected chi connectivity index (χ2v) is 4.57. The van der Waals surface area contributed by atoms with Crippen molar-refractivity contribution in [1.82, 2.24) is 0 Å². The number of halogens is 3. The van der Waals surface area contributed by atoms with Crippen molar-refractivity contribution in [3.05, 3.63) is 29.3 Å². The Balaban J connectivity index is 1.76. The third-order valence-electron chi connectivity index (χ3n) is 2.70. The highest BCUT2D eigenvalue weighted by Gasteiger charge is 2.56. The van der Waals surface area contributed by atoms with Gasteiger partial charge in [-0.3, -0.25) is 4.79 Å². The second kappa shape index (κ2) is 4.61. The highest BCUT2D eigenvalue weighted by Crippen LogP contribution is 2.51. The van der Waals surface area contributed by atoms with Crippen molar-refractivity contribution in [3.63, 3.8) is 0 Å². The number of esters is 1. The molecule has 1 aliphatic rings. The number of alkyl halides is 2. The van der Waals surface area contributed by atoms with Crippen LogP contribution in [0.25, 0.3) is 0 Å². The van der Waals surface area contributed by atoms with Crippen LogP contribution in [0, 0.1) is 5.92 Å². The van der Waals surface area contributed by atoms with Crippen LogP contribution >= 0.6 is 11.6 Å². The first-order chi connectivity index (χ1) is 7.97. The van der Waals surface area contributed by atoms with Gasteiger partial charge in [-0.15, -0.1) is 0 Å². The summed E-state index contributed by atoms with van der Waals surface area (Å²) >= 11 is 5.67. The lowest BCUT2D eigenvalue weighted by Crippen LogP contribution is -2.08. The number of benzene rings is 1. The molecule has 5 heteroatoms. The first kappa shape index (κ1) is 12.3. The Labute approximate surface area is 103 Å². The summed E-state index contributed by atoms with van der Waals surface area (Å²) in [5.41, 5.74) is 0. The average molecular weight is 261 g/mol. The highest BCUT2D eigenvalue weighted by atomic mass is 35.5. The van der Waals surface area contributed by atoms with Crippen molar-refractivity contribution >= 4 is 17.6 Å². The summed E-state index contributed by atoms with van der Waals surface area (Å²) in [6, 6.07) is 6.32. The lowest BCUT2D eigenvalue weighted by atomic mass is 10.2. The maximum Gasteiger partial charge on any atom is 0.311 e. The van der Waals surface area contributed by atoms with E-state index < -0.39 is 17.8 Å². The number of hydrogen-bond acceptors (Lipinski definition) is 2. The maximum atomic E-state index is 12.6. The van der Waals surface area contributed by atoms with Gasteiger partial charge in [-0.2, -0.15) is 0 Å². The van der Waals surface area contributed by atoms with Gasteiger partial charge in [0.15, 0.2) is 0 Å². The Morgan fingerprint density at radius 1 is 1.41 bits per heavy atom. The van der Waals surface area contributed by atoms with Crippen molar-refractivity contribution in [2.24, 2.45) is 5.92 Å². The molecule has 1 unspecified atom stereocenters. The zero-order valence-corrected chi connectivity index (χ0v) is 9.71. The Kier molecular flexibility index (Phi) is 3.33. The minimum absolute atomic E-state index is 0.0167. The third-order valence-corrected chi connectivity index (χ3v) is 2.95. The van der Waals surface area contributed by atoms with E-state index >= 15 is 0 Å². The monoisotopic (exact) mass is 260 g/mol. The lowest BCUT2D eigenvalue weighted by Gasteiger charge is -2.03. The molecule has 1 fully saturated rings. The van der Waals surface area contributed by atoms with Gasteiger partial charge in [-0.25, -0.2) is 8.78 Å². The Morgan fingerprint density at radius 2 is 2.00 bits per heavy atom. The van der Waals surface area contributed by atoms with Crippen LogP contribution in [0.2, 0.25) is 5.02 Å². The van der Waals surface area contributed by atoms with E-state index in [0.29, 0.717) is 10.8 Å². The molecule has 92 valence electrons. The van der Waals surface area contributed by atoms with Crippen LogP contribution in [-0.4, -0.2) is 11.9 Å². The van der Waals surface area contributed by atoms with Gasteiger partial charge in [-0.05, 0) is 30.7 Å². The molecule has 0 amide bonds. The van der Waals surface area contributed by atoms with Crippen molar-refractivity contribution in [1.29, 1.82) is 0 Å². The summed E-state index contributed by atoms with van der Waals surface area (Å²) in [5.74, 6) is -3.34. The molecule has 17 heavy (non-hydrogen) atoms. The summed E-state index contributed by atoms with van der Waals surface area (Å²) in [7, 11) is 0. The number of ether oxygens (including phenoxy) is 1. The Hall–Kier alpha value is -1.16. The number of rotatable bonds is 4. The van der Waals surface area contributed by atoms with Gasteiger partial charge in [0, 0.05) is 23.8 Å². The molecule has 0 aromatic heterocycles. The smallest absolute Gasteiger partial charge is 0.311 e. The molecule has 0 aliphatic heterocycles. The predicted octanol–water partition coefficient (Wildman–Crippen LogP) is 3.68. The van der Waals surface area contributed by atoms with Crippen LogP contribution in [0.3, 0.4) is 0 Å². The van der Waals surface area contributed by atoms with Crippen LogP contribution in [0.1, 0.15) is 19.3 Å². The van der Waals surface area contributed by atoms with E-state index in [9.17, 15) is 13.6 Å². The maximum absolute atomic E-state index is 12.6. The van der Waals surface area contributed by atoms with Crippen molar-refractivity contribution in [2.45, 2.75) is 25.2 Å². The topological polar surface area (TPSA) is 26.3 Å². The van der Waals surface area contributed by atoms with Gasteiger partial charge < -0.3 is 4.74 Å². The molecule has 0 saturated heterocycles. The van der Waals surface area contributed by atoms with Crippen LogP contribution in [0.5, 0.6) is 5.75 Å². The van der Waals surface area contributed by atoms with Gasteiger partial charge in [-0.1, -0.05) is 11.6 Å². The molecule has 0 heterocycles. The van der Waals surface area contributed by atoms with E-state index in [1.54, 1.807) is 24.3 Å². The molecule has 1 saturated carbocycles. The molecule has 0 N–H and O–H groups in total. The minimum Gasteiger partial charge on any atom is -0.427 e. The number of carbonyl (C=O) groups is 1. The number of carbonyl (C=O) groups excluding carboxylic acids is 1. The Bertz CT molecular complexity index is 417. The summed E-state index contributed by atoms with van der Waals surface area (Å²) < 4.78 is 30.1. The van der Waals surface area contributed by atoms with Crippen LogP contribution in [0.4, 0.5) is 8.78 Å². The zero-order valence-electron chi connectivity index (χ0n) is 8.96. The fourth-order valence-electron chi connectivity index (χ4n) is 1.56. The van der Waals surface area contributed by atoms with E-state index in [4.69, 9.17) is 16.3 Å². The average Bonchev–Trinajstić information content (AvgIpc) is 2.87. The van der Waals surface area contributed by atoms with Gasteiger partial charge >= 0.3 is 5.97 Å². The molecule has 1 atom stereocenters. The SMILES string of the molecule is O=C(CCC1CC1(F)F)Oc1ccc(Cl)cc1. The lowest BCUT2D eigenvalue weighted by molar-refractivity contribution is -0.134. The van der Waals surface area contributed by atoms with E-state index in [1.165, 1.54) is 0 Å². The predicted molar refractivity (Wildman–Crippen MR) is 59.4 cm³/mol. The largest absolute Gasteiger partial charge is 0.427 e. The first-order valence-electron chi connectivity index (χ1n) is 5.31. The van der Waals surface area contributed by atoms with Crippen molar-refractivity contribution < 1.29 is 18.3 Å². The summed E-state index contributed by atoms with van der Waals surface area (Å²) in [6.07, 6.45) is 0.0868. The first-order valence-corrected chi connectivity index (χ1v) is 5.69. The molecule has 2 nitrogen and oxygen atoms in total. The molecule has 1 aromatic carbocycles. The molecule has 1 aliphatic carbocycles. The fraction of sp³-hybridized carbons (Fsp3) is 0.417. The zero-order chi connectivity index (χ0) is 12.5. The normalized spacial score (nSPS) is 21.0. The molecule has 0 radical (unpaired) electrons. The standard InChI is InChI=1S/C12H11ClF2O2/c13-9-2-4-10(5-3-9)17-11(16)6-1-8-7-12(8,14)15/h2-5,8H,1,6-7H2. The van der Waals surface area contributed by atoms with E-state index in [0.717, 1.165) is 0 Å². The molecule has 0 bridgehead atoms. The van der Waals surface area contributed by atoms with Gasteiger partial charge in [0.05, 0.1) is 0 Å². The van der Waals surface area contributed by atoms with Crippen LogP contribution < -0.4 is 4.74 Å². The van der Waals surface area contributed by atoms with Crippen LogP contribution in [0.15, 0.2) is 24.3 Å². The summed E-state index contributed by atoms with van der Waals surface area (Å²) in [6.45, 7) is 0. The molecule has 2 rings (SSSR count). The molecule has 1 aromatic rings. The van der Waals surface area contributed by atoms with Gasteiger partial charge in [0.25, 0.3) is 5.92 Å². The van der Waals surface area contributed by atoms with Crippen LogP contribution in [-0.2, 0) is 4.79 Å². The quantitative estimate of drug-likeness (QED) is 0.610. The number of hydrogen-bond donors (Lipinski definition) is 0. The second-order valence-electron chi connectivity index (χ2n) is 4.13.